The summed E-state index contributed by atoms with van der Waals surface area (Å²) in [5.74, 6) is -2.13. The SMILES string of the molecule is O=C(O)CN(C(=O)c1cc(Cl)ccn1)C1CCS(=O)(=O)C1. The summed E-state index contributed by atoms with van der Waals surface area (Å²) in [4.78, 5) is 28.2. The molecule has 1 aliphatic heterocycles. The second kappa shape index (κ2) is 5.98. The minimum atomic E-state index is -3.23. The van der Waals surface area contributed by atoms with Gasteiger partial charge < -0.3 is 10.0 Å². The number of rotatable bonds is 4. The lowest BCUT2D eigenvalue weighted by Gasteiger charge is -2.26. The van der Waals surface area contributed by atoms with Crippen molar-refractivity contribution in [1.82, 2.24) is 9.88 Å². The molecule has 1 aromatic rings. The highest BCUT2D eigenvalue weighted by molar-refractivity contribution is 7.91. The third-order valence-electron chi connectivity index (χ3n) is 3.16. The van der Waals surface area contributed by atoms with Crippen LogP contribution in [0.1, 0.15) is 16.9 Å². The summed E-state index contributed by atoms with van der Waals surface area (Å²) in [5.41, 5.74) is -0.00644. The lowest BCUT2D eigenvalue weighted by atomic mass is 10.2. The van der Waals surface area contributed by atoms with E-state index in [-0.39, 0.29) is 23.6 Å². The minimum absolute atomic E-state index is 0.00644. The molecule has 21 heavy (non-hydrogen) atoms. The molecule has 7 nitrogen and oxygen atoms in total. The largest absolute Gasteiger partial charge is 0.480 e. The number of carboxylic acid groups (broad SMARTS) is 1. The topological polar surface area (TPSA) is 105 Å². The first kappa shape index (κ1) is 15.7. The molecule has 1 fully saturated rings. The first-order valence-corrected chi connectivity index (χ1v) is 8.33. The van der Waals surface area contributed by atoms with Gasteiger partial charge in [0.15, 0.2) is 9.84 Å². The summed E-state index contributed by atoms with van der Waals surface area (Å²) in [6.45, 7) is -0.576. The number of hydrogen-bond acceptors (Lipinski definition) is 5. The van der Waals surface area contributed by atoms with E-state index in [2.05, 4.69) is 4.98 Å². The molecule has 1 N–H and O–H groups in total. The molecule has 9 heteroatoms. The van der Waals surface area contributed by atoms with Crippen LogP contribution in [-0.2, 0) is 14.6 Å². The standard InChI is InChI=1S/C12H13ClN2O5S/c13-8-1-3-14-10(5-8)12(18)15(6-11(16)17)9-2-4-21(19,20)7-9/h1,3,5,9H,2,4,6-7H2,(H,16,17). The number of carboxylic acids is 1. The molecule has 1 unspecified atom stereocenters. The molecule has 0 radical (unpaired) electrons. The van der Waals surface area contributed by atoms with E-state index in [1.54, 1.807) is 0 Å². The van der Waals surface area contributed by atoms with Crippen LogP contribution < -0.4 is 0 Å². The molecule has 1 saturated heterocycles. The fourth-order valence-corrected chi connectivity index (χ4v) is 4.09. The number of aromatic nitrogens is 1. The van der Waals surface area contributed by atoms with Gasteiger partial charge in [-0.25, -0.2) is 8.42 Å². The van der Waals surface area contributed by atoms with Crippen molar-refractivity contribution >= 4 is 33.3 Å². The van der Waals surface area contributed by atoms with E-state index in [9.17, 15) is 18.0 Å². The number of sulfone groups is 1. The Kier molecular flexibility index (Phi) is 4.48. The molecule has 0 aliphatic carbocycles. The van der Waals surface area contributed by atoms with Crippen LogP contribution in [0, 0.1) is 0 Å². The van der Waals surface area contributed by atoms with Crippen LogP contribution in [-0.4, -0.2) is 59.4 Å². The van der Waals surface area contributed by atoms with Crippen molar-refractivity contribution in [2.45, 2.75) is 12.5 Å². The quantitative estimate of drug-likeness (QED) is 0.858. The Labute approximate surface area is 126 Å². The zero-order chi connectivity index (χ0) is 15.6. The van der Waals surface area contributed by atoms with Gasteiger partial charge in [-0.3, -0.25) is 14.6 Å². The predicted octanol–water partition coefficient (Wildman–Crippen LogP) is 0.449. The molecule has 0 spiro atoms. The number of halogens is 1. The van der Waals surface area contributed by atoms with Gasteiger partial charge in [-0.15, -0.1) is 0 Å². The van der Waals surface area contributed by atoms with Crippen LogP contribution >= 0.6 is 11.6 Å². The van der Waals surface area contributed by atoms with Crippen molar-refractivity contribution in [3.8, 4) is 0 Å². The number of aliphatic carboxylic acids is 1. The van der Waals surface area contributed by atoms with Crippen LogP contribution in [0.15, 0.2) is 18.3 Å². The van der Waals surface area contributed by atoms with Gasteiger partial charge in [0.05, 0.1) is 11.5 Å². The Morgan fingerprint density at radius 2 is 2.19 bits per heavy atom. The van der Waals surface area contributed by atoms with E-state index in [0.717, 1.165) is 4.90 Å². The summed E-state index contributed by atoms with van der Waals surface area (Å²) in [6, 6.07) is 2.15. The molecule has 2 heterocycles. The van der Waals surface area contributed by atoms with E-state index < -0.39 is 34.3 Å². The predicted molar refractivity (Wildman–Crippen MR) is 75.0 cm³/mol. The maximum atomic E-state index is 12.4. The summed E-state index contributed by atoms with van der Waals surface area (Å²) >= 11 is 5.78. The lowest BCUT2D eigenvalue weighted by molar-refractivity contribution is -0.138. The molecule has 1 aliphatic rings. The number of amides is 1. The van der Waals surface area contributed by atoms with Gasteiger partial charge in [0, 0.05) is 17.3 Å². The van der Waals surface area contributed by atoms with Gasteiger partial charge in [0.25, 0.3) is 5.91 Å². The fraction of sp³-hybridized carbons (Fsp3) is 0.417. The molecule has 0 bridgehead atoms. The minimum Gasteiger partial charge on any atom is -0.480 e. The molecule has 2 rings (SSSR count). The normalized spacial score (nSPS) is 20.1. The number of hydrogen-bond donors (Lipinski definition) is 1. The smallest absolute Gasteiger partial charge is 0.323 e. The third-order valence-corrected chi connectivity index (χ3v) is 5.14. The summed E-state index contributed by atoms with van der Waals surface area (Å²) < 4.78 is 23.0. The van der Waals surface area contributed by atoms with Crippen molar-refractivity contribution in [2.24, 2.45) is 0 Å². The van der Waals surface area contributed by atoms with E-state index in [0.29, 0.717) is 5.02 Å². The second-order valence-corrected chi connectivity index (χ2v) is 7.41. The van der Waals surface area contributed by atoms with Crippen LogP contribution in [0.5, 0.6) is 0 Å². The molecule has 0 saturated carbocycles. The van der Waals surface area contributed by atoms with Gasteiger partial charge >= 0.3 is 5.97 Å². The van der Waals surface area contributed by atoms with Crippen molar-refractivity contribution < 1.29 is 23.1 Å². The zero-order valence-corrected chi connectivity index (χ0v) is 12.5. The maximum absolute atomic E-state index is 12.4. The van der Waals surface area contributed by atoms with E-state index >= 15 is 0 Å². The summed E-state index contributed by atoms with van der Waals surface area (Å²) in [6.07, 6.45) is 1.56. The Morgan fingerprint density at radius 3 is 2.71 bits per heavy atom. The molecule has 0 aromatic carbocycles. The first-order chi connectivity index (χ1) is 9.78. The van der Waals surface area contributed by atoms with Crippen LogP contribution in [0.2, 0.25) is 5.02 Å². The highest BCUT2D eigenvalue weighted by Crippen LogP contribution is 2.20. The van der Waals surface area contributed by atoms with Crippen LogP contribution in [0.4, 0.5) is 0 Å². The highest BCUT2D eigenvalue weighted by Gasteiger charge is 2.36. The third kappa shape index (κ3) is 3.92. The monoisotopic (exact) mass is 332 g/mol. The van der Waals surface area contributed by atoms with Gasteiger partial charge in [-0.1, -0.05) is 11.6 Å². The molecular formula is C12H13ClN2O5S. The van der Waals surface area contributed by atoms with Crippen molar-refractivity contribution in [2.75, 3.05) is 18.1 Å². The summed E-state index contributed by atoms with van der Waals surface area (Å²) in [7, 11) is -3.23. The summed E-state index contributed by atoms with van der Waals surface area (Å²) in [5, 5.41) is 9.23. The Bertz CT molecular complexity index is 676. The van der Waals surface area contributed by atoms with Crippen molar-refractivity contribution in [3.63, 3.8) is 0 Å². The molecule has 1 aromatic heterocycles. The highest BCUT2D eigenvalue weighted by atomic mass is 35.5. The van der Waals surface area contributed by atoms with Gasteiger partial charge in [0.1, 0.15) is 12.2 Å². The van der Waals surface area contributed by atoms with E-state index in [4.69, 9.17) is 16.7 Å². The van der Waals surface area contributed by atoms with Gasteiger partial charge in [-0.2, -0.15) is 0 Å². The lowest BCUT2D eigenvalue weighted by Crippen LogP contribution is -2.44. The Morgan fingerprint density at radius 1 is 1.48 bits per heavy atom. The number of carbonyl (C=O) groups is 2. The second-order valence-electron chi connectivity index (χ2n) is 4.74. The van der Waals surface area contributed by atoms with Gasteiger partial charge in [-0.05, 0) is 18.6 Å². The average molecular weight is 333 g/mol. The molecule has 1 amide bonds. The molecule has 1 atom stereocenters. The molecule has 114 valence electrons. The maximum Gasteiger partial charge on any atom is 0.323 e. The van der Waals surface area contributed by atoms with Gasteiger partial charge in [0.2, 0.25) is 0 Å². The molecular weight excluding hydrogens is 320 g/mol. The Hall–Kier alpha value is -1.67. The van der Waals surface area contributed by atoms with Crippen LogP contribution in [0.25, 0.3) is 0 Å². The van der Waals surface area contributed by atoms with Crippen molar-refractivity contribution in [1.29, 1.82) is 0 Å². The van der Waals surface area contributed by atoms with Crippen molar-refractivity contribution in [3.05, 3.63) is 29.0 Å². The number of pyridine rings is 1. The number of carbonyl (C=O) groups excluding carboxylic acids is 1. The fourth-order valence-electron chi connectivity index (χ4n) is 2.20. The van der Waals surface area contributed by atoms with E-state index in [1.165, 1.54) is 18.3 Å². The average Bonchev–Trinajstić information content (AvgIpc) is 2.75. The zero-order valence-electron chi connectivity index (χ0n) is 10.9. The van der Waals surface area contributed by atoms with Crippen LogP contribution in [0.3, 0.4) is 0 Å². The Balaban J connectivity index is 2.28. The number of nitrogens with zero attached hydrogens (tertiary/aromatic N) is 2. The van der Waals surface area contributed by atoms with E-state index in [1.807, 2.05) is 0 Å². The first-order valence-electron chi connectivity index (χ1n) is 6.13.